The molecular weight excluding hydrogens is 254 g/mol. The van der Waals surface area contributed by atoms with Gasteiger partial charge in [-0.1, -0.05) is 0 Å². The average molecular weight is 277 g/mol. The van der Waals surface area contributed by atoms with Crippen molar-refractivity contribution in [1.29, 1.82) is 0 Å². The summed E-state index contributed by atoms with van der Waals surface area (Å²) >= 11 is 0. The second kappa shape index (κ2) is 5.37. The predicted octanol–water partition coefficient (Wildman–Crippen LogP) is 3.65. The van der Waals surface area contributed by atoms with Gasteiger partial charge in [0.25, 0.3) is 0 Å². The first-order chi connectivity index (χ1) is 9.35. The van der Waals surface area contributed by atoms with E-state index >= 15 is 0 Å². The van der Waals surface area contributed by atoms with Gasteiger partial charge in [-0.2, -0.15) is 0 Å². The standard InChI is InChI=1S/C16H23NO3/c1-10-14(9-17-16(2,3)4)20-13-8-11(18-5)7-12(19-6)15(10)13/h7-8,17H,9H2,1-6H3. The molecule has 0 fully saturated rings. The molecule has 0 atom stereocenters. The maximum Gasteiger partial charge on any atom is 0.142 e. The Morgan fingerprint density at radius 2 is 1.85 bits per heavy atom. The zero-order chi connectivity index (χ0) is 14.9. The minimum absolute atomic E-state index is 0.0488. The molecule has 0 amide bonds. The van der Waals surface area contributed by atoms with Crippen molar-refractivity contribution in [1.82, 2.24) is 5.32 Å². The fourth-order valence-electron chi connectivity index (χ4n) is 2.16. The number of nitrogens with one attached hydrogen (secondary N) is 1. The van der Waals surface area contributed by atoms with Crippen LogP contribution in [-0.2, 0) is 6.54 Å². The van der Waals surface area contributed by atoms with Gasteiger partial charge < -0.3 is 19.2 Å². The second-order valence-electron chi connectivity index (χ2n) is 5.96. The summed E-state index contributed by atoms with van der Waals surface area (Å²) in [7, 11) is 3.30. The molecular formula is C16H23NO3. The number of methoxy groups -OCH3 is 2. The van der Waals surface area contributed by atoms with Gasteiger partial charge in [-0.3, -0.25) is 0 Å². The number of aryl methyl sites for hydroxylation is 1. The van der Waals surface area contributed by atoms with Gasteiger partial charge in [0, 0.05) is 23.2 Å². The van der Waals surface area contributed by atoms with Gasteiger partial charge in [0.15, 0.2) is 0 Å². The van der Waals surface area contributed by atoms with Crippen LogP contribution in [0.1, 0.15) is 32.1 Å². The summed E-state index contributed by atoms with van der Waals surface area (Å²) in [6.45, 7) is 9.15. The van der Waals surface area contributed by atoms with E-state index in [0.717, 1.165) is 33.8 Å². The molecule has 0 aliphatic heterocycles. The SMILES string of the molecule is COc1cc(OC)c2c(C)c(CNC(C)(C)C)oc2c1. The summed E-state index contributed by atoms with van der Waals surface area (Å²) in [5.41, 5.74) is 1.95. The van der Waals surface area contributed by atoms with E-state index in [1.54, 1.807) is 14.2 Å². The van der Waals surface area contributed by atoms with Crippen LogP contribution in [0, 0.1) is 6.92 Å². The molecule has 0 saturated carbocycles. The van der Waals surface area contributed by atoms with E-state index in [2.05, 4.69) is 33.0 Å². The normalized spacial score (nSPS) is 11.9. The van der Waals surface area contributed by atoms with Crippen LogP contribution in [0.4, 0.5) is 0 Å². The minimum Gasteiger partial charge on any atom is -0.496 e. The average Bonchev–Trinajstić information content (AvgIpc) is 2.71. The Bertz CT molecular complexity index is 608. The maximum atomic E-state index is 5.96. The van der Waals surface area contributed by atoms with Crippen LogP contribution in [-0.4, -0.2) is 19.8 Å². The lowest BCUT2D eigenvalue weighted by Crippen LogP contribution is -2.35. The number of fused-ring (bicyclic) bond motifs is 1. The molecule has 1 N–H and O–H groups in total. The maximum absolute atomic E-state index is 5.96. The van der Waals surface area contributed by atoms with E-state index in [1.165, 1.54) is 0 Å². The lowest BCUT2D eigenvalue weighted by atomic mass is 10.1. The molecule has 1 aromatic heterocycles. The molecule has 20 heavy (non-hydrogen) atoms. The summed E-state index contributed by atoms with van der Waals surface area (Å²) in [4.78, 5) is 0. The first kappa shape index (κ1) is 14.7. The summed E-state index contributed by atoms with van der Waals surface area (Å²) < 4.78 is 16.7. The Hall–Kier alpha value is -1.68. The second-order valence-corrected chi connectivity index (χ2v) is 5.96. The zero-order valence-electron chi connectivity index (χ0n) is 13.1. The molecule has 0 bridgehead atoms. The molecule has 0 aliphatic carbocycles. The smallest absolute Gasteiger partial charge is 0.142 e. The van der Waals surface area contributed by atoms with Crippen molar-refractivity contribution >= 4 is 11.0 Å². The highest BCUT2D eigenvalue weighted by Gasteiger charge is 2.18. The quantitative estimate of drug-likeness (QED) is 0.926. The van der Waals surface area contributed by atoms with E-state index in [0.29, 0.717) is 6.54 Å². The van der Waals surface area contributed by atoms with Crippen LogP contribution in [0.2, 0.25) is 0 Å². The summed E-state index contributed by atoms with van der Waals surface area (Å²) in [5.74, 6) is 2.45. The van der Waals surface area contributed by atoms with Crippen LogP contribution in [0.25, 0.3) is 11.0 Å². The number of rotatable bonds is 4. The molecule has 4 heteroatoms. The molecule has 4 nitrogen and oxygen atoms in total. The van der Waals surface area contributed by atoms with E-state index in [9.17, 15) is 0 Å². The Morgan fingerprint density at radius 3 is 2.40 bits per heavy atom. The summed E-state index contributed by atoms with van der Waals surface area (Å²) in [6.07, 6.45) is 0. The first-order valence-electron chi connectivity index (χ1n) is 6.74. The number of benzene rings is 1. The van der Waals surface area contributed by atoms with Crippen molar-refractivity contribution in [2.75, 3.05) is 14.2 Å². The molecule has 0 radical (unpaired) electrons. The van der Waals surface area contributed by atoms with Gasteiger partial charge in [0.2, 0.25) is 0 Å². The number of furan rings is 1. The minimum atomic E-state index is 0.0488. The van der Waals surface area contributed by atoms with Gasteiger partial charge in [0.05, 0.1) is 26.2 Å². The monoisotopic (exact) mass is 277 g/mol. The lowest BCUT2D eigenvalue weighted by Gasteiger charge is -2.19. The number of ether oxygens (including phenoxy) is 2. The van der Waals surface area contributed by atoms with Crippen molar-refractivity contribution in [2.45, 2.75) is 39.8 Å². The van der Waals surface area contributed by atoms with Crippen LogP contribution in [0.5, 0.6) is 11.5 Å². The van der Waals surface area contributed by atoms with E-state index in [1.807, 2.05) is 12.1 Å². The van der Waals surface area contributed by atoms with E-state index in [4.69, 9.17) is 13.9 Å². The topological polar surface area (TPSA) is 43.6 Å². The number of hydrogen-bond donors (Lipinski definition) is 1. The van der Waals surface area contributed by atoms with Gasteiger partial charge in [-0.15, -0.1) is 0 Å². The molecule has 2 rings (SSSR count). The molecule has 0 unspecified atom stereocenters. The largest absolute Gasteiger partial charge is 0.496 e. The van der Waals surface area contributed by atoms with E-state index in [-0.39, 0.29) is 5.54 Å². The predicted molar refractivity (Wildman–Crippen MR) is 80.6 cm³/mol. The van der Waals surface area contributed by atoms with Crippen molar-refractivity contribution < 1.29 is 13.9 Å². The fourth-order valence-corrected chi connectivity index (χ4v) is 2.16. The Labute approximate surface area is 120 Å². The van der Waals surface area contributed by atoms with Crippen molar-refractivity contribution in [3.63, 3.8) is 0 Å². The highest BCUT2D eigenvalue weighted by molar-refractivity contribution is 5.89. The molecule has 1 heterocycles. The molecule has 2 aromatic rings. The molecule has 1 aromatic carbocycles. The van der Waals surface area contributed by atoms with Crippen LogP contribution in [0.3, 0.4) is 0 Å². The number of hydrogen-bond acceptors (Lipinski definition) is 4. The van der Waals surface area contributed by atoms with Crippen LogP contribution in [0.15, 0.2) is 16.5 Å². The lowest BCUT2D eigenvalue weighted by molar-refractivity contribution is 0.390. The summed E-state index contributed by atoms with van der Waals surface area (Å²) in [6, 6.07) is 3.78. The molecule has 110 valence electrons. The Balaban J connectivity index is 2.46. The Kier molecular flexibility index (Phi) is 3.95. The summed E-state index contributed by atoms with van der Waals surface area (Å²) in [5, 5.41) is 4.45. The third kappa shape index (κ3) is 2.90. The van der Waals surface area contributed by atoms with Crippen molar-refractivity contribution in [2.24, 2.45) is 0 Å². The molecule has 0 saturated heterocycles. The fraction of sp³-hybridized carbons (Fsp3) is 0.500. The molecule has 0 spiro atoms. The third-order valence-electron chi connectivity index (χ3n) is 3.30. The van der Waals surface area contributed by atoms with E-state index < -0.39 is 0 Å². The van der Waals surface area contributed by atoms with Gasteiger partial charge in [-0.25, -0.2) is 0 Å². The Morgan fingerprint density at radius 1 is 1.15 bits per heavy atom. The zero-order valence-corrected chi connectivity index (χ0v) is 13.1. The van der Waals surface area contributed by atoms with Gasteiger partial charge >= 0.3 is 0 Å². The van der Waals surface area contributed by atoms with Gasteiger partial charge in [0.1, 0.15) is 22.8 Å². The van der Waals surface area contributed by atoms with Crippen molar-refractivity contribution in [3.05, 3.63) is 23.5 Å². The van der Waals surface area contributed by atoms with Crippen molar-refractivity contribution in [3.8, 4) is 11.5 Å². The highest BCUT2D eigenvalue weighted by atomic mass is 16.5. The van der Waals surface area contributed by atoms with Crippen LogP contribution >= 0.6 is 0 Å². The van der Waals surface area contributed by atoms with Gasteiger partial charge in [-0.05, 0) is 27.7 Å². The van der Waals surface area contributed by atoms with Crippen LogP contribution < -0.4 is 14.8 Å². The first-order valence-corrected chi connectivity index (χ1v) is 6.74. The molecule has 0 aliphatic rings. The third-order valence-corrected chi connectivity index (χ3v) is 3.30. The highest BCUT2D eigenvalue weighted by Crippen LogP contribution is 2.36.